The SMILES string of the molecule is CC1C2CCC3(COC(C)(C)C3)C1C2(C)C. The van der Waals surface area contributed by atoms with Crippen LogP contribution >= 0.6 is 0 Å². The third kappa shape index (κ3) is 1.16. The fourth-order valence-electron chi connectivity index (χ4n) is 5.93. The van der Waals surface area contributed by atoms with Crippen molar-refractivity contribution >= 4 is 0 Å². The van der Waals surface area contributed by atoms with Gasteiger partial charge in [-0.25, -0.2) is 0 Å². The Morgan fingerprint density at radius 3 is 2.25 bits per heavy atom. The van der Waals surface area contributed by atoms with Crippen molar-refractivity contribution in [3.8, 4) is 0 Å². The molecule has 3 aliphatic carbocycles. The number of ether oxygens (including phenoxy) is 1. The molecule has 0 amide bonds. The minimum atomic E-state index is 0.123. The van der Waals surface area contributed by atoms with Crippen LogP contribution in [0.2, 0.25) is 0 Å². The quantitative estimate of drug-likeness (QED) is 0.604. The Morgan fingerprint density at radius 2 is 1.81 bits per heavy atom. The van der Waals surface area contributed by atoms with E-state index < -0.39 is 0 Å². The zero-order valence-corrected chi connectivity index (χ0v) is 11.5. The van der Waals surface area contributed by atoms with Gasteiger partial charge in [0.15, 0.2) is 0 Å². The van der Waals surface area contributed by atoms with Crippen molar-refractivity contribution in [1.29, 1.82) is 0 Å². The molecule has 0 aromatic rings. The molecule has 2 bridgehead atoms. The standard InChI is InChI=1S/C15H26O/c1-10-11-6-7-15(12(10)14(11,4)5)8-13(2,3)16-9-15/h10-12H,6-9H2,1-5H3. The van der Waals surface area contributed by atoms with Crippen molar-refractivity contribution in [2.24, 2.45) is 28.6 Å². The summed E-state index contributed by atoms with van der Waals surface area (Å²) in [4.78, 5) is 0. The van der Waals surface area contributed by atoms with Crippen molar-refractivity contribution in [2.45, 2.75) is 59.5 Å². The average Bonchev–Trinajstić information content (AvgIpc) is 2.41. The molecule has 4 atom stereocenters. The molecule has 4 unspecified atom stereocenters. The van der Waals surface area contributed by atoms with E-state index in [4.69, 9.17) is 4.74 Å². The molecule has 0 N–H and O–H groups in total. The number of hydrogen-bond acceptors (Lipinski definition) is 1. The molecular formula is C15H26O. The average molecular weight is 222 g/mol. The molecule has 1 spiro atoms. The zero-order chi connectivity index (χ0) is 11.8. The van der Waals surface area contributed by atoms with Gasteiger partial charge in [0, 0.05) is 5.41 Å². The number of hydrogen-bond donors (Lipinski definition) is 0. The van der Waals surface area contributed by atoms with Crippen molar-refractivity contribution in [3.63, 3.8) is 0 Å². The summed E-state index contributed by atoms with van der Waals surface area (Å²) in [5.41, 5.74) is 1.21. The molecule has 1 aliphatic heterocycles. The number of rotatable bonds is 0. The third-order valence-corrected chi connectivity index (χ3v) is 6.06. The van der Waals surface area contributed by atoms with E-state index in [1.165, 1.54) is 19.3 Å². The minimum Gasteiger partial charge on any atom is -0.375 e. The summed E-state index contributed by atoms with van der Waals surface area (Å²) in [6, 6.07) is 0. The normalized spacial score (nSPS) is 52.7. The molecule has 92 valence electrons. The van der Waals surface area contributed by atoms with Gasteiger partial charge in [-0.15, -0.1) is 0 Å². The van der Waals surface area contributed by atoms with Crippen LogP contribution in [0.3, 0.4) is 0 Å². The molecule has 1 heterocycles. The zero-order valence-electron chi connectivity index (χ0n) is 11.5. The van der Waals surface area contributed by atoms with Gasteiger partial charge in [-0.1, -0.05) is 20.8 Å². The predicted octanol–water partition coefficient (Wildman–Crippen LogP) is 3.87. The van der Waals surface area contributed by atoms with E-state index in [9.17, 15) is 0 Å². The summed E-state index contributed by atoms with van der Waals surface area (Å²) < 4.78 is 6.07. The van der Waals surface area contributed by atoms with E-state index in [0.717, 1.165) is 24.4 Å². The van der Waals surface area contributed by atoms with E-state index in [0.29, 0.717) is 10.8 Å². The third-order valence-electron chi connectivity index (χ3n) is 6.06. The van der Waals surface area contributed by atoms with E-state index in [1.54, 1.807) is 0 Å². The van der Waals surface area contributed by atoms with Gasteiger partial charge in [0.25, 0.3) is 0 Å². The second-order valence-electron chi connectivity index (χ2n) is 7.89. The first kappa shape index (κ1) is 11.1. The molecule has 0 aromatic heterocycles. The smallest absolute Gasteiger partial charge is 0.0633 e. The Labute approximate surface area is 99.9 Å². The first-order valence-electron chi connectivity index (χ1n) is 6.93. The highest BCUT2D eigenvalue weighted by Gasteiger charge is 2.67. The van der Waals surface area contributed by atoms with Crippen LogP contribution in [0.4, 0.5) is 0 Å². The maximum absolute atomic E-state index is 6.07. The van der Waals surface area contributed by atoms with Gasteiger partial charge in [-0.3, -0.25) is 0 Å². The summed E-state index contributed by atoms with van der Waals surface area (Å²) in [6.45, 7) is 13.0. The highest BCUT2D eigenvalue weighted by atomic mass is 16.5. The lowest BCUT2D eigenvalue weighted by Crippen LogP contribution is -2.63. The van der Waals surface area contributed by atoms with E-state index >= 15 is 0 Å². The van der Waals surface area contributed by atoms with Gasteiger partial charge in [-0.05, 0) is 56.3 Å². The fourth-order valence-corrected chi connectivity index (χ4v) is 5.93. The highest BCUT2D eigenvalue weighted by molar-refractivity contribution is 5.15. The van der Waals surface area contributed by atoms with Crippen molar-refractivity contribution in [1.82, 2.24) is 0 Å². The first-order chi connectivity index (χ1) is 7.29. The molecule has 1 nitrogen and oxygen atoms in total. The van der Waals surface area contributed by atoms with E-state index in [2.05, 4.69) is 34.6 Å². The topological polar surface area (TPSA) is 9.23 Å². The second-order valence-corrected chi connectivity index (χ2v) is 7.89. The maximum atomic E-state index is 6.07. The minimum absolute atomic E-state index is 0.123. The van der Waals surface area contributed by atoms with Crippen LogP contribution < -0.4 is 0 Å². The number of fused-ring (bicyclic) bond motifs is 1. The molecule has 4 fully saturated rings. The van der Waals surface area contributed by atoms with Crippen LogP contribution in [-0.4, -0.2) is 12.2 Å². The van der Waals surface area contributed by atoms with Gasteiger partial charge in [-0.2, -0.15) is 0 Å². The van der Waals surface area contributed by atoms with Gasteiger partial charge < -0.3 is 4.74 Å². The van der Waals surface area contributed by atoms with Gasteiger partial charge >= 0.3 is 0 Å². The Morgan fingerprint density at radius 1 is 1.12 bits per heavy atom. The molecule has 3 saturated carbocycles. The summed E-state index contributed by atoms with van der Waals surface area (Å²) in [6.07, 6.45) is 4.13. The molecular weight excluding hydrogens is 196 g/mol. The van der Waals surface area contributed by atoms with Crippen molar-refractivity contribution in [2.75, 3.05) is 6.61 Å². The predicted molar refractivity (Wildman–Crippen MR) is 66.2 cm³/mol. The second kappa shape index (κ2) is 2.85. The summed E-state index contributed by atoms with van der Waals surface area (Å²) >= 11 is 0. The van der Waals surface area contributed by atoms with Crippen LogP contribution in [0, 0.1) is 28.6 Å². The van der Waals surface area contributed by atoms with Crippen molar-refractivity contribution < 1.29 is 4.74 Å². The molecule has 0 radical (unpaired) electrons. The highest BCUT2D eigenvalue weighted by Crippen LogP contribution is 2.71. The van der Waals surface area contributed by atoms with Gasteiger partial charge in [0.1, 0.15) is 0 Å². The van der Waals surface area contributed by atoms with Crippen LogP contribution in [0.25, 0.3) is 0 Å². The molecule has 4 aliphatic rings. The lowest BCUT2D eigenvalue weighted by Gasteiger charge is -2.68. The molecule has 1 saturated heterocycles. The lowest BCUT2D eigenvalue weighted by molar-refractivity contribution is -0.205. The van der Waals surface area contributed by atoms with Crippen LogP contribution in [0.15, 0.2) is 0 Å². The fraction of sp³-hybridized carbons (Fsp3) is 1.00. The molecule has 1 heteroatoms. The lowest BCUT2D eigenvalue weighted by atomic mass is 9.36. The Balaban J connectivity index is 1.93. The van der Waals surface area contributed by atoms with Crippen LogP contribution in [-0.2, 0) is 4.74 Å². The first-order valence-corrected chi connectivity index (χ1v) is 6.93. The Kier molecular flexibility index (Phi) is 1.98. The van der Waals surface area contributed by atoms with Crippen LogP contribution in [0.1, 0.15) is 53.9 Å². The molecule has 0 aromatic carbocycles. The van der Waals surface area contributed by atoms with Gasteiger partial charge in [0.2, 0.25) is 0 Å². The monoisotopic (exact) mass is 222 g/mol. The van der Waals surface area contributed by atoms with Crippen LogP contribution in [0.5, 0.6) is 0 Å². The summed E-state index contributed by atoms with van der Waals surface area (Å²) in [7, 11) is 0. The molecule has 16 heavy (non-hydrogen) atoms. The Hall–Kier alpha value is -0.0400. The van der Waals surface area contributed by atoms with E-state index in [-0.39, 0.29) is 5.60 Å². The van der Waals surface area contributed by atoms with E-state index in [1.807, 2.05) is 0 Å². The largest absolute Gasteiger partial charge is 0.375 e. The summed E-state index contributed by atoms with van der Waals surface area (Å²) in [5, 5.41) is 0. The summed E-state index contributed by atoms with van der Waals surface area (Å²) in [5.74, 6) is 2.81. The van der Waals surface area contributed by atoms with Crippen molar-refractivity contribution in [3.05, 3.63) is 0 Å². The molecule has 4 rings (SSSR count). The Bertz CT molecular complexity index is 317. The van der Waals surface area contributed by atoms with Gasteiger partial charge in [0.05, 0.1) is 12.2 Å². The maximum Gasteiger partial charge on any atom is 0.0633 e.